The predicted molar refractivity (Wildman–Crippen MR) is 78.6 cm³/mol. The molecule has 4 nitrogen and oxygen atoms in total. The SMILES string of the molecule is Cc1cc(C)nc(NS(=O)(=O)c2c(F)cc(F)cc2Br)c1. The lowest BCUT2D eigenvalue weighted by Gasteiger charge is -2.11. The van der Waals surface area contributed by atoms with Gasteiger partial charge in [0.05, 0.1) is 0 Å². The number of hydrogen-bond acceptors (Lipinski definition) is 3. The Morgan fingerprint density at radius 3 is 2.38 bits per heavy atom. The van der Waals surface area contributed by atoms with Gasteiger partial charge in [-0.25, -0.2) is 22.2 Å². The lowest BCUT2D eigenvalue weighted by Crippen LogP contribution is -2.16. The number of sulfonamides is 1. The van der Waals surface area contributed by atoms with Crippen LogP contribution in [0.3, 0.4) is 0 Å². The minimum absolute atomic E-state index is 0.0723. The first kappa shape index (κ1) is 15.8. The Kier molecular flexibility index (Phi) is 4.29. The van der Waals surface area contributed by atoms with Crippen LogP contribution in [-0.2, 0) is 10.0 Å². The number of nitrogens with one attached hydrogen (secondary N) is 1. The van der Waals surface area contributed by atoms with Crippen molar-refractivity contribution in [1.29, 1.82) is 0 Å². The first-order chi connectivity index (χ1) is 9.69. The van der Waals surface area contributed by atoms with E-state index in [4.69, 9.17) is 0 Å². The fraction of sp³-hybridized carbons (Fsp3) is 0.154. The Bertz CT molecular complexity index is 767. The maximum atomic E-state index is 13.8. The van der Waals surface area contributed by atoms with Crippen LogP contribution in [0.1, 0.15) is 11.3 Å². The lowest BCUT2D eigenvalue weighted by atomic mass is 10.2. The van der Waals surface area contributed by atoms with Crippen LogP contribution in [0.2, 0.25) is 0 Å². The van der Waals surface area contributed by atoms with Gasteiger partial charge in [0, 0.05) is 16.2 Å². The molecule has 1 heterocycles. The molecule has 0 aliphatic heterocycles. The van der Waals surface area contributed by atoms with E-state index in [2.05, 4.69) is 25.6 Å². The number of anilines is 1. The van der Waals surface area contributed by atoms with Crippen LogP contribution in [0.5, 0.6) is 0 Å². The molecule has 1 N–H and O–H groups in total. The monoisotopic (exact) mass is 376 g/mol. The third-order valence-electron chi connectivity index (χ3n) is 2.57. The van der Waals surface area contributed by atoms with Crippen LogP contribution in [0.25, 0.3) is 0 Å². The average Bonchev–Trinajstić information content (AvgIpc) is 2.23. The number of aryl methyl sites for hydroxylation is 2. The fourth-order valence-electron chi connectivity index (χ4n) is 1.87. The van der Waals surface area contributed by atoms with Gasteiger partial charge in [-0.15, -0.1) is 0 Å². The largest absolute Gasteiger partial charge is 0.267 e. The zero-order chi connectivity index (χ0) is 15.8. The molecule has 0 fully saturated rings. The highest BCUT2D eigenvalue weighted by molar-refractivity contribution is 9.10. The van der Waals surface area contributed by atoms with Gasteiger partial charge in [0.2, 0.25) is 0 Å². The Morgan fingerprint density at radius 1 is 1.14 bits per heavy atom. The van der Waals surface area contributed by atoms with Crippen molar-refractivity contribution in [3.05, 3.63) is 51.6 Å². The van der Waals surface area contributed by atoms with Gasteiger partial charge in [-0.05, 0) is 53.5 Å². The summed E-state index contributed by atoms with van der Waals surface area (Å²) in [6, 6.07) is 4.67. The van der Waals surface area contributed by atoms with Gasteiger partial charge in [0.15, 0.2) is 0 Å². The van der Waals surface area contributed by atoms with Gasteiger partial charge in [-0.3, -0.25) is 4.72 Å². The smallest absolute Gasteiger partial charge is 0.263 e. The van der Waals surface area contributed by atoms with Gasteiger partial charge in [-0.2, -0.15) is 0 Å². The number of halogens is 3. The second-order valence-electron chi connectivity index (χ2n) is 4.48. The van der Waals surface area contributed by atoms with Gasteiger partial charge in [-0.1, -0.05) is 0 Å². The summed E-state index contributed by atoms with van der Waals surface area (Å²) in [4.78, 5) is 3.36. The summed E-state index contributed by atoms with van der Waals surface area (Å²) in [5.74, 6) is -1.98. The van der Waals surface area contributed by atoms with Crippen LogP contribution in [0.15, 0.2) is 33.6 Å². The van der Waals surface area contributed by atoms with E-state index >= 15 is 0 Å². The molecule has 0 unspecified atom stereocenters. The molecule has 0 atom stereocenters. The van der Waals surface area contributed by atoms with Crippen LogP contribution in [0.4, 0.5) is 14.6 Å². The Hall–Kier alpha value is -1.54. The second-order valence-corrected chi connectivity index (χ2v) is 6.95. The summed E-state index contributed by atoms with van der Waals surface area (Å²) in [6.45, 7) is 3.49. The predicted octanol–water partition coefficient (Wildman–Crippen LogP) is 3.54. The molecule has 0 aliphatic rings. The number of benzene rings is 1. The van der Waals surface area contributed by atoms with Gasteiger partial charge in [0.1, 0.15) is 22.3 Å². The summed E-state index contributed by atoms with van der Waals surface area (Å²) in [5, 5.41) is 0. The van der Waals surface area contributed by atoms with E-state index in [0.29, 0.717) is 11.8 Å². The number of hydrogen-bond donors (Lipinski definition) is 1. The maximum absolute atomic E-state index is 13.8. The second kappa shape index (κ2) is 5.69. The van der Waals surface area contributed by atoms with Crippen molar-refractivity contribution in [1.82, 2.24) is 4.98 Å². The van der Waals surface area contributed by atoms with Crippen molar-refractivity contribution in [2.24, 2.45) is 0 Å². The highest BCUT2D eigenvalue weighted by Crippen LogP contribution is 2.27. The molecule has 1 aromatic heterocycles. The molecule has 2 rings (SSSR count). The molecular weight excluding hydrogens is 366 g/mol. The van der Waals surface area contributed by atoms with Crippen molar-refractivity contribution in [3.63, 3.8) is 0 Å². The molecule has 0 saturated carbocycles. The van der Waals surface area contributed by atoms with E-state index in [-0.39, 0.29) is 10.3 Å². The summed E-state index contributed by atoms with van der Waals surface area (Å²) in [6.07, 6.45) is 0. The number of pyridine rings is 1. The summed E-state index contributed by atoms with van der Waals surface area (Å²) < 4.78 is 53.2. The molecule has 0 aliphatic carbocycles. The van der Waals surface area contributed by atoms with Gasteiger partial charge < -0.3 is 0 Å². The molecule has 0 bridgehead atoms. The normalized spacial score (nSPS) is 11.5. The van der Waals surface area contributed by atoms with Crippen molar-refractivity contribution < 1.29 is 17.2 Å². The Morgan fingerprint density at radius 2 is 1.81 bits per heavy atom. The lowest BCUT2D eigenvalue weighted by molar-refractivity contribution is 0.548. The van der Waals surface area contributed by atoms with E-state index in [1.54, 1.807) is 19.9 Å². The molecule has 0 saturated heterocycles. The zero-order valence-corrected chi connectivity index (χ0v) is 13.5. The number of nitrogens with zero attached hydrogens (tertiary/aromatic N) is 1. The van der Waals surface area contributed by atoms with Crippen molar-refractivity contribution in [2.45, 2.75) is 18.7 Å². The van der Waals surface area contributed by atoms with E-state index in [0.717, 1.165) is 11.6 Å². The van der Waals surface area contributed by atoms with Gasteiger partial charge >= 0.3 is 0 Å². The van der Waals surface area contributed by atoms with E-state index < -0.39 is 26.6 Å². The molecule has 112 valence electrons. The topological polar surface area (TPSA) is 59.1 Å². The molecule has 0 spiro atoms. The van der Waals surface area contributed by atoms with Crippen LogP contribution in [-0.4, -0.2) is 13.4 Å². The van der Waals surface area contributed by atoms with E-state index in [9.17, 15) is 17.2 Å². The standard InChI is InChI=1S/C13H11BrF2N2O2S/c1-7-3-8(2)17-12(4-7)18-21(19,20)13-10(14)5-9(15)6-11(13)16/h3-6H,1-2H3,(H,17,18). The Balaban J connectivity index is 2.48. The van der Waals surface area contributed by atoms with Crippen molar-refractivity contribution >= 4 is 31.8 Å². The fourth-order valence-corrected chi connectivity index (χ4v) is 4.03. The van der Waals surface area contributed by atoms with Gasteiger partial charge in [0.25, 0.3) is 10.0 Å². The highest BCUT2D eigenvalue weighted by Gasteiger charge is 2.24. The molecule has 1 aromatic carbocycles. The maximum Gasteiger partial charge on any atom is 0.267 e. The minimum Gasteiger partial charge on any atom is -0.263 e. The third kappa shape index (κ3) is 3.56. The number of aromatic nitrogens is 1. The molecule has 0 amide bonds. The molecule has 21 heavy (non-hydrogen) atoms. The van der Waals surface area contributed by atoms with Crippen LogP contribution < -0.4 is 4.72 Å². The molecule has 2 aromatic rings. The average molecular weight is 377 g/mol. The third-order valence-corrected chi connectivity index (χ3v) is 4.89. The Labute approximate surface area is 129 Å². The first-order valence-corrected chi connectivity index (χ1v) is 8.09. The molecule has 0 radical (unpaired) electrons. The van der Waals surface area contributed by atoms with Crippen molar-refractivity contribution in [2.75, 3.05) is 4.72 Å². The van der Waals surface area contributed by atoms with Crippen molar-refractivity contribution in [3.8, 4) is 0 Å². The van der Waals surface area contributed by atoms with E-state index in [1.807, 2.05) is 0 Å². The van der Waals surface area contributed by atoms with Crippen LogP contribution in [0, 0.1) is 25.5 Å². The zero-order valence-electron chi connectivity index (χ0n) is 11.1. The summed E-state index contributed by atoms with van der Waals surface area (Å²) >= 11 is 2.86. The molecular formula is C13H11BrF2N2O2S. The molecule has 8 heteroatoms. The minimum atomic E-state index is -4.23. The van der Waals surface area contributed by atoms with Crippen LogP contribution >= 0.6 is 15.9 Å². The number of rotatable bonds is 3. The highest BCUT2D eigenvalue weighted by atomic mass is 79.9. The summed E-state index contributed by atoms with van der Waals surface area (Å²) in [7, 11) is -4.23. The first-order valence-electron chi connectivity index (χ1n) is 5.82. The quantitative estimate of drug-likeness (QED) is 0.890. The summed E-state index contributed by atoms with van der Waals surface area (Å²) in [5.41, 5.74) is 1.42. The van der Waals surface area contributed by atoms with E-state index in [1.165, 1.54) is 6.07 Å².